The van der Waals surface area contributed by atoms with Crippen molar-refractivity contribution >= 4 is 27.8 Å². The van der Waals surface area contributed by atoms with Crippen molar-refractivity contribution < 1.29 is 27.1 Å². The van der Waals surface area contributed by atoms with E-state index in [4.69, 9.17) is 9.47 Å². The number of benzene rings is 4. The molecule has 0 fully saturated rings. The molecule has 0 saturated carbocycles. The first-order valence-electron chi connectivity index (χ1n) is 12.9. The molecular weight excluding hydrogens is 545 g/mol. The Bertz CT molecular complexity index is 1590. The number of carbonyl (C=O) groups is 1. The van der Waals surface area contributed by atoms with Gasteiger partial charge in [-0.3, -0.25) is 9.10 Å². The quantitative estimate of drug-likeness (QED) is 0.179. The van der Waals surface area contributed by atoms with Crippen molar-refractivity contribution in [2.45, 2.75) is 25.3 Å². The number of ether oxygens (including phenoxy) is 2. The van der Waals surface area contributed by atoms with Gasteiger partial charge in [-0.2, -0.15) is 5.10 Å². The van der Waals surface area contributed by atoms with Gasteiger partial charge in [-0.05, 0) is 79.6 Å². The molecule has 0 atom stereocenters. The maximum absolute atomic E-state index is 13.5. The summed E-state index contributed by atoms with van der Waals surface area (Å²) < 4.78 is 52.9. The van der Waals surface area contributed by atoms with Crippen molar-refractivity contribution in [1.29, 1.82) is 0 Å². The van der Waals surface area contributed by atoms with E-state index in [-0.39, 0.29) is 10.6 Å². The second-order valence-electron chi connectivity index (χ2n) is 9.01. The third-order valence-corrected chi connectivity index (χ3v) is 7.71. The Kier molecular flexibility index (Phi) is 9.70. The molecule has 0 aliphatic rings. The molecule has 0 bridgehead atoms. The van der Waals surface area contributed by atoms with Crippen molar-refractivity contribution in [3.05, 3.63) is 120 Å². The standard InChI is InChI=1S/C31H30FN3O5S/c1-3-39-30-19-25(11-18-29(30)40-22-24-7-5-4-6-8-24)20-33-34-31(36)21-35(27-14-12-26(32)13-15-27)41(37,38)28-16-9-23(2)10-17-28/h4-20H,3,21-22H2,1-2H3,(H,34,36)/b33-20-. The van der Waals surface area contributed by atoms with E-state index in [0.29, 0.717) is 30.3 Å². The smallest absolute Gasteiger partial charge is 0.264 e. The highest BCUT2D eigenvalue weighted by Gasteiger charge is 2.27. The van der Waals surface area contributed by atoms with E-state index in [1.165, 1.54) is 30.5 Å². The highest BCUT2D eigenvalue weighted by Crippen LogP contribution is 2.29. The number of anilines is 1. The number of nitrogens with one attached hydrogen (secondary N) is 1. The van der Waals surface area contributed by atoms with Crippen LogP contribution in [-0.2, 0) is 21.4 Å². The number of carbonyl (C=O) groups excluding carboxylic acids is 1. The highest BCUT2D eigenvalue weighted by molar-refractivity contribution is 7.92. The molecule has 1 amide bonds. The molecule has 4 rings (SSSR count). The third-order valence-electron chi connectivity index (χ3n) is 5.92. The Balaban J connectivity index is 1.47. The van der Waals surface area contributed by atoms with Crippen molar-refractivity contribution in [3.8, 4) is 11.5 Å². The van der Waals surface area contributed by atoms with E-state index < -0.39 is 28.3 Å². The molecule has 0 saturated heterocycles. The van der Waals surface area contributed by atoms with Crippen LogP contribution in [0, 0.1) is 12.7 Å². The topological polar surface area (TPSA) is 97.3 Å². The van der Waals surface area contributed by atoms with E-state index in [9.17, 15) is 17.6 Å². The largest absolute Gasteiger partial charge is 0.490 e. The maximum Gasteiger partial charge on any atom is 0.264 e. The van der Waals surface area contributed by atoms with Gasteiger partial charge in [-0.15, -0.1) is 0 Å². The van der Waals surface area contributed by atoms with Crippen molar-refractivity contribution in [2.24, 2.45) is 5.10 Å². The number of amides is 1. The molecule has 212 valence electrons. The summed E-state index contributed by atoms with van der Waals surface area (Å²) in [7, 11) is -4.13. The fourth-order valence-corrected chi connectivity index (χ4v) is 5.25. The van der Waals surface area contributed by atoms with Crippen LogP contribution in [-0.4, -0.2) is 33.7 Å². The first kappa shape index (κ1) is 29.3. The summed E-state index contributed by atoms with van der Waals surface area (Å²) in [5, 5.41) is 3.99. The Morgan fingerprint density at radius 3 is 2.32 bits per heavy atom. The number of aryl methyl sites for hydroxylation is 1. The van der Waals surface area contributed by atoms with Crippen molar-refractivity contribution in [1.82, 2.24) is 5.43 Å². The molecule has 0 aliphatic carbocycles. The molecule has 0 radical (unpaired) electrons. The van der Waals surface area contributed by atoms with E-state index in [1.54, 1.807) is 30.3 Å². The minimum Gasteiger partial charge on any atom is -0.490 e. The van der Waals surface area contributed by atoms with Crippen molar-refractivity contribution in [3.63, 3.8) is 0 Å². The Hall–Kier alpha value is -4.70. The lowest BCUT2D eigenvalue weighted by molar-refractivity contribution is -0.119. The third kappa shape index (κ3) is 7.92. The zero-order valence-electron chi connectivity index (χ0n) is 22.7. The second kappa shape index (κ2) is 13.6. The summed E-state index contributed by atoms with van der Waals surface area (Å²) >= 11 is 0. The van der Waals surface area contributed by atoms with Gasteiger partial charge in [0.2, 0.25) is 0 Å². The normalized spacial score (nSPS) is 11.3. The molecule has 0 aromatic heterocycles. The molecule has 1 N–H and O–H groups in total. The summed E-state index contributed by atoms with van der Waals surface area (Å²) in [5.41, 5.74) is 5.03. The highest BCUT2D eigenvalue weighted by atomic mass is 32.2. The Labute approximate surface area is 239 Å². The van der Waals surface area contributed by atoms with E-state index in [2.05, 4.69) is 10.5 Å². The SMILES string of the molecule is CCOc1cc(/C=N\NC(=O)CN(c2ccc(F)cc2)S(=O)(=O)c2ccc(C)cc2)ccc1OCc1ccccc1. The predicted octanol–water partition coefficient (Wildman–Crippen LogP) is 5.46. The predicted molar refractivity (Wildman–Crippen MR) is 156 cm³/mol. The second-order valence-corrected chi connectivity index (χ2v) is 10.9. The number of sulfonamides is 1. The molecule has 4 aromatic rings. The van der Waals surface area contributed by atoms with E-state index in [1.807, 2.05) is 44.2 Å². The number of nitrogens with zero attached hydrogens (tertiary/aromatic N) is 2. The van der Waals surface area contributed by atoms with Gasteiger partial charge in [0.25, 0.3) is 15.9 Å². The van der Waals surface area contributed by atoms with Crippen LogP contribution in [0.15, 0.2) is 107 Å². The fourth-order valence-electron chi connectivity index (χ4n) is 3.83. The molecule has 10 heteroatoms. The van der Waals surface area contributed by atoms with E-state index in [0.717, 1.165) is 27.6 Å². The van der Waals surface area contributed by atoms with Gasteiger partial charge in [0.15, 0.2) is 11.5 Å². The molecule has 41 heavy (non-hydrogen) atoms. The van der Waals surface area contributed by atoms with Gasteiger partial charge >= 0.3 is 0 Å². The molecule has 0 aliphatic heterocycles. The van der Waals surface area contributed by atoms with Crippen molar-refractivity contribution in [2.75, 3.05) is 17.5 Å². The number of hydrogen-bond acceptors (Lipinski definition) is 6. The number of hydrogen-bond donors (Lipinski definition) is 1. The van der Waals surface area contributed by atoms with Gasteiger partial charge in [0.05, 0.1) is 23.4 Å². The summed E-state index contributed by atoms with van der Waals surface area (Å²) in [4.78, 5) is 12.8. The van der Waals surface area contributed by atoms with Gasteiger partial charge in [0, 0.05) is 0 Å². The molecule has 0 spiro atoms. The number of halogens is 1. The molecule has 0 unspecified atom stereocenters. The first-order valence-corrected chi connectivity index (χ1v) is 14.3. The Morgan fingerprint density at radius 1 is 0.927 bits per heavy atom. The monoisotopic (exact) mass is 575 g/mol. The van der Waals surface area contributed by atoms with Crippen LogP contribution in [0.3, 0.4) is 0 Å². The van der Waals surface area contributed by atoms with Crippen LogP contribution in [0.1, 0.15) is 23.6 Å². The molecular formula is C31H30FN3O5S. The fraction of sp³-hybridized carbons (Fsp3) is 0.161. The zero-order valence-corrected chi connectivity index (χ0v) is 23.5. The van der Waals surface area contributed by atoms with Crippen LogP contribution in [0.4, 0.5) is 10.1 Å². The van der Waals surface area contributed by atoms with Crippen LogP contribution in [0.5, 0.6) is 11.5 Å². The summed E-state index contributed by atoms with van der Waals surface area (Å²) in [6.07, 6.45) is 1.41. The molecule has 4 aromatic carbocycles. The van der Waals surface area contributed by atoms with Crippen LogP contribution >= 0.6 is 0 Å². The Morgan fingerprint density at radius 2 is 1.63 bits per heavy atom. The average molecular weight is 576 g/mol. The average Bonchev–Trinajstić information content (AvgIpc) is 2.97. The van der Waals surface area contributed by atoms with Gasteiger partial charge in [0.1, 0.15) is 19.0 Å². The zero-order chi connectivity index (χ0) is 29.2. The summed E-state index contributed by atoms with van der Waals surface area (Å²) in [6.45, 7) is 3.92. The lowest BCUT2D eigenvalue weighted by Crippen LogP contribution is -2.39. The lowest BCUT2D eigenvalue weighted by atomic mass is 10.2. The lowest BCUT2D eigenvalue weighted by Gasteiger charge is -2.23. The van der Waals surface area contributed by atoms with Gasteiger partial charge in [-0.25, -0.2) is 18.2 Å². The minimum atomic E-state index is -4.13. The van der Waals surface area contributed by atoms with Crippen LogP contribution in [0.2, 0.25) is 0 Å². The number of hydrazone groups is 1. The maximum atomic E-state index is 13.5. The summed E-state index contributed by atoms with van der Waals surface area (Å²) in [5.74, 6) is -0.133. The van der Waals surface area contributed by atoms with Crippen LogP contribution in [0.25, 0.3) is 0 Å². The molecule has 0 heterocycles. The van der Waals surface area contributed by atoms with Gasteiger partial charge in [-0.1, -0.05) is 48.0 Å². The van der Waals surface area contributed by atoms with Crippen LogP contribution < -0.4 is 19.2 Å². The molecule has 8 nitrogen and oxygen atoms in total. The first-order chi connectivity index (χ1) is 19.8. The minimum absolute atomic E-state index is 0.00162. The number of rotatable bonds is 12. The van der Waals surface area contributed by atoms with E-state index >= 15 is 0 Å². The van der Waals surface area contributed by atoms with Gasteiger partial charge < -0.3 is 9.47 Å². The summed E-state index contributed by atoms with van der Waals surface area (Å²) in [6, 6.07) is 26.1.